The summed E-state index contributed by atoms with van der Waals surface area (Å²) in [5.41, 5.74) is 3.75. The van der Waals surface area contributed by atoms with Crippen LogP contribution in [0.3, 0.4) is 0 Å². The molecule has 0 aliphatic carbocycles. The van der Waals surface area contributed by atoms with Gasteiger partial charge in [0.15, 0.2) is 0 Å². The van der Waals surface area contributed by atoms with Crippen molar-refractivity contribution < 1.29 is 13.2 Å². The van der Waals surface area contributed by atoms with Crippen molar-refractivity contribution in [3.05, 3.63) is 53.5 Å². The normalized spacial score (nSPS) is 18.2. The Balaban J connectivity index is 1.49. The minimum atomic E-state index is -3.52. The molecule has 2 aromatic carbocycles. The van der Waals surface area contributed by atoms with Crippen molar-refractivity contribution in [1.82, 2.24) is 9.29 Å². The lowest BCUT2D eigenvalue weighted by Gasteiger charge is -2.30. The van der Waals surface area contributed by atoms with E-state index in [9.17, 15) is 13.2 Å². The van der Waals surface area contributed by atoms with E-state index in [0.29, 0.717) is 30.3 Å². The van der Waals surface area contributed by atoms with E-state index in [0.717, 1.165) is 23.1 Å². The molecule has 6 nitrogen and oxygen atoms in total. The van der Waals surface area contributed by atoms with E-state index in [4.69, 9.17) is 0 Å². The van der Waals surface area contributed by atoms with E-state index >= 15 is 0 Å². The summed E-state index contributed by atoms with van der Waals surface area (Å²) in [7, 11) is -3.52. The predicted molar refractivity (Wildman–Crippen MR) is 111 cm³/mol. The first-order valence-electron chi connectivity index (χ1n) is 9.18. The molecule has 3 aromatic rings. The van der Waals surface area contributed by atoms with Gasteiger partial charge in [0.25, 0.3) is 5.91 Å². The van der Waals surface area contributed by atoms with Crippen LogP contribution in [0.4, 0.5) is 5.69 Å². The van der Waals surface area contributed by atoms with Crippen LogP contribution < -0.4 is 5.32 Å². The zero-order chi connectivity index (χ0) is 19.7. The maximum atomic E-state index is 12.8. The van der Waals surface area contributed by atoms with Crippen LogP contribution in [0.2, 0.25) is 0 Å². The molecule has 0 radical (unpaired) electrons. The Morgan fingerprint density at radius 1 is 1.21 bits per heavy atom. The summed E-state index contributed by atoms with van der Waals surface area (Å²) in [6.45, 7) is 3.16. The molecule has 0 bridgehead atoms. The van der Waals surface area contributed by atoms with Gasteiger partial charge in [-0.15, -0.1) is 11.3 Å². The van der Waals surface area contributed by atoms with Crippen LogP contribution in [0.15, 0.2) is 52.9 Å². The standard InChI is InChI=1S/C20H21N3O3S2/c1-14-3-2-10-23(12-14)28(25,26)17-7-4-15(5-8-17)20(24)22-16-6-9-18-19(11-16)27-13-21-18/h4-9,11,13-14H,2-3,10,12H2,1H3,(H,22,24)/t14-/m0/s1. The Bertz CT molecular complexity index is 1110. The molecule has 1 amide bonds. The van der Waals surface area contributed by atoms with Crippen LogP contribution in [0.25, 0.3) is 10.2 Å². The highest BCUT2D eigenvalue weighted by atomic mass is 32.2. The number of nitrogens with one attached hydrogen (secondary N) is 1. The molecule has 1 aliphatic heterocycles. The summed E-state index contributed by atoms with van der Waals surface area (Å²) in [6, 6.07) is 11.7. The molecule has 0 spiro atoms. The molecule has 1 saturated heterocycles. The van der Waals surface area contributed by atoms with Crippen LogP contribution in [0, 0.1) is 5.92 Å². The van der Waals surface area contributed by atoms with Crippen LogP contribution in [0.5, 0.6) is 0 Å². The number of hydrogen-bond acceptors (Lipinski definition) is 5. The summed E-state index contributed by atoms with van der Waals surface area (Å²) < 4.78 is 28.2. The summed E-state index contributed by atoms with van der Waals surface area (Å²) in [5.74, 6) is 0.0869. The first-order valence-corrected chi connectivity index (χ1v) is 11.5. The second-order valence-electron chi connectivity index (χ2n) is 7.12. The fourth-order valence-electron chi connectivity index (χ4n) is 3.43. The van der Waals surface area contributed by atoms with Gasteiger partial charge in [-0.25, -0.2) is 13.4 Å². The van der Waals surface area contributed by atoms with Crippen LogP contribution >= 0.6 is 11.3 Å². The molecule has 1 N–H and O–H groups in total. The van der Waals surface area contributed by atoms with Gasteiger partial charge in [0.2, 0.25) is 10.0 Å². The number of sulfonamides is 1. The van der Waals surface area contributed by atoms with E-state index in [1.165, 1.54) is 23.5 Å². The number of nitrogens with zero attached hydrogens (tertiary/aromatic N) is 2. The number of hydrogen-bond donors (Lipinski definition) is 1. The average molecular weight is 416 g/mol. The number of amides is 1. The van der Waals surface area contributed by atoms with Gasteiger partial charge in [-0.05, 0) is 61.2 Å². The third kappa shape index (κ3) is 3.80. The predicted octanol–water partition coefficient (Wildman–Crippen LogP) is 3.97. The molecule has 146 valence electrons. The Kier molecular flexibility index (Phi) is 5.18. The van der Waals surface area contributed by atoms with Gasteiger partial charge in [0.05, 0.1) is 20.6 Å². The van der Waals surface area contributed by atoms with Crippen LogP contribution in [0.1, 0.15) is 30.1 Å². The second kappa shape index (κ2) is 7.62. The first kappa shape index (κ1) is 19.0. The van der Waals surface area contributed by atoms with Crippen molar-refractivity contribution in [2.24, 2.45) is 5.92 Å². The zero-order valence-electron chi connectivity index (χ0n) is 15.5. The molecule has 1 fully saturated rings. The molecule has 8 heteroatoms. The van der Waals surface area contributed by atoms with Crippen molar-refractivity contribution in [2.45, 2.75) is 24.7 Å². The maximum absolute atomic E-state index is 12.8. The molecule has 4 rings (SSSR count). The van der Waals surface area contributed by atoms with E-state index in [-0.39, 0.29) is 10.8 Å². The number of benzene rings is 2. The number of fused-ring (bicyclic) bond motifs is 1. The van der Waals surface area contributed by atoms with Crippen molar-refractivity contribution in [3.8, 4) is 0 Å². The van der Waals surface area contributed by atoms with Crippen LogP contribution in [-0.2, 0) is 10.0 Å². The molecular formula is C20H21N3O3S2. The van der Waals surface area contributed by atoms with E-state index in [1.54, 1.807) is 28.0 Å². The summed E-state index contributed by atoms with van der Waals surface area (Å²) in [5, 5.41) is 2.85. The third-order valence-corrected chi connectivity index (χ3v) is 7.63. The smallest absolute Gasteiger partial charge is 0.255 e. The SMILES string of the molecule is C[C@H]1CCCN(S(=O)(=O)c2ccc(C(=O)Nc3ccc4ncsc4c3)cc2)C1. The number of anilines is 1. The Morgan fingerprint density at radius 2 is 2.00 bits per heavy atom. The summed E-state index contributed by atoms with van der Waals surface area (Å²) in [4.78, 5) is 17.0. The molecule has 1 aliphatic rings. The second-order valence-corrected chi connectivity index (χ2v) is 9.95. The lowest BCUT2D eigenvalue weighted by molar-refractivity contribution is 0.102. The van der Waals surface area contributed by atoms with Gasteiger partial charge in [-0.1, -0.05) is 6.92 Å². The fourth-order valence-corrected chi connectivity index (χ4v) is 5.74. The highest BCUT2D eigenvalue weighted by molar-refractivity contribution is 7.89. The quantitative estimate of drug-likeness (QED) is 0.699. The van der Waals surface area contributed by atoms with Gasteiger partial charge in [-0.3, -0.25) is 4.79 Å². The number of rotatable bonds is 4. The monoisotopic (exact) mass is 415 g/mol. The van der Waals surface area contributed by atoms with Gasteiger partial charge in [0.1, 0.15) is 0 Å². The Hall–Kier alpha value is -2.29. The lowest BCUT2D eigenvalue weighted by Crippen LogP contribution is -2.39. The van der Waals surface area contributed by atoms with Crippen LogP contribution in [-0.4, -0.2) is 36.7 Å². The number of carbonyl (C=O) groups excluding carboxylic acids is 1. The molecule has 0 saturated carbocycles. The number of aromatic nitrogens is 1. The molecular weight excluding hydrogens is 394 g/mol. The highest BCUT2D eigenvalue weighted by Gasteiger charge is 2.28. The van der Waals surface area contributed by atoms with E-state index in [2.05, 4.69) is 17.2 Å². The van der Waals surface area contributed by atoms with E-state index in [1.807, 2.05) is 12.1 Å². The molecule has 1 atom stereocenters. The highest BCUT2D eigenvalue weighted by Crippen LogP contribution is 2.25. The summed E-state index contributed by atoms with van der Waals surface area (Å²) in [6.07, 6.45) is 1.93. The van der Waals surface area contributed by atoms with Gasteiger partial charge < -0.3 is 5.32 Å². The Labute approximate surface area is 168 Å². The number of thiazole rings is 1. The van der Waals surface area contributed by atoms with Crippen molar-refractivity contribution in [3.63, 3.8) is 0 Å². The minimum Gasteiger partial charge on any atom is -0.322 e. The lowest BCUT2D eigenvalue weighted by atomic mass is 10.0. The molecule has 1 aromatic heterocycles. The van der Waals surface area contributed by atoms with Crippen molar-refractivity contribution in [1.29, 1.82) is 0 Å². The Morgan fingerprint density at radius 3 is 2.75 bits per heavy atom. The molecule has 0 unspecified atom stereocenters. The number of piperidine rings is 1. The van der Waals surface area contributed by atoms with Gasteiger partial charge >= 0.3 is 0 Å². The average Bonchev–Trinajstić information content (AvgIpc) is 3.16. The van der Waals surface area contributed by atoms with Gasteiger partial charge in [-0.2, -0.15) is 4.31 Å². The maximum Gasteiger partial charge on any atom is 0.255 e. The largest absolute Gasteiger partial charge is 0.322 e. The fraction of sp³-hybridized carbons (Fsp3) is 0.300. The third-order valence-electron chi connectivity index (χ3n) is 4.96. The zero-order valence-corrected chi connectivity index (χ0v) is 17.1. The van der Waals surface area contributed by atoms with Crippen molar-refractivity contribution >= 4 is 43.2 Å². The number of carbonyl (C=O) groups is 1. The molecule has 28 heavy (non-hydrogen) atoms. The van der Waals surface area contributed by atoms with Crippen molar-refractivity contribution in [2.75, 3.05) is 18.4 Å². The van der Waals surface area contributed by atoms with Gasteiger partial charge in [0, 0.05) is 24.3 Å². The van der Waals surface area contributed by atoms with E-state index < -0.39 is 10.0 Å². The first-order chi connectivity index (χ1) is 13.4. The topological polar surface area (TPSA) is 79.4 Å². The molecule has 2 heterocycles. The summed E-state index contributed by atoms with van der Waals surface area (Å²) >= 11 is 1.51. The minimum absolute atomic E-state index is 0.226.